The number of aromatic nitrogens is 1. The molecule has 0 radical (unpaired) electrons. The van der Waals surface area contributed by atoms with Crippen LogP contribution in [0.25, 0.3) is 0 Å². The Morgan fingerprint density at radius 3 is 2.57 bits per heavy atom. The first-order valence-corrected chi connectivity index (χ1v) is 4.98. The summed E-state index contributed by atoms with van der Waals surface area (Å²) in [6, 6.07) is 1.54. The molecule has 1 unspecified atom stereocenters. The summed E-state index contributed by atoms with van der Waals surface area (Å²) in [7, 11) is 0. The second-order valence-corrected chi connectivity index (χ2v) is 3.42. The van der Waals surface area contributed by atoms with Gasteiger partial charge in [0.15, 0.2) is 0 Å². The smallest absolute Gasteiger partial charge is 0.147 e. The molecule has 0 aliphatic carbocycles. The van der Waals surface area contributed by atoms with Gasteiger partial charge < -0.3 is 5.11 Å². The first kappa shape index (κ1) is 11.1. The molecule has 0 fully saturated rings. The van der Waals surface area contributed by atoms with E-state index in [1.54, 1.807) is 6.07 Å². The topological polar surface area (TPSA) is 33.1 Å². The molecule has 14 heavy (non-hydrogen) atoms. The third-order valence-corrected chi connectivity index (χ3v) is 2.62. The van der Waals surface area contributed by atoms with Crippen LogP contribution in [0.3, 0.4) is 0 Å². The van der Waals surface area contributed by atoms with Gasteiger partial charge in [-0.1, -0.05) is 26.7 Å². The van der Waals surface area contributed by atoms with Gasteiger partial charge in [-0.05, 0) is 12.0 Å². The lowest BCUT2D eigenvalue weighted by Crippen LogP contribution is -2.12. The number of aliphatic hydroxyl groups excluding tert-OH is 1. The first-order valence-electron chi connectivity index (χ1n) is 4.98. The molecule has 1 aromatic rings. The lowest BCUT2D eigenvalue weighted by atomic mass is 9.92. The lowest BCUT2D eigenvalue weighted by Gasteiger charge is -2.20. The number of rotatable bonds is 4. The van der Waals surface area contributed by atoms with E-state index in [1.807, 2.05) is 13.8 Å². The van der Waals surface area contributed by atoms with Gasteiger partial charge >= 0.3 is 0 Å². The maximum Gasteiger partial charge on any atom is 0.147 e. The third-order valence-electron chi connectivity index (χ3n) is 2.62. The number of hydrogen-bond donors (Lipinski definition) is 1. The van der Waals surface area contributed by atoms with Crippen molar-refractivity contribution in [2.75, 3.05) is 0 Å². The van der Waals surface area contributed by atoms with E-state index < -0.39 is 11.9 Å². The van der Waals surface area contributed by atoms with E-state index in [0.29, 0.717) is 5.56 Å². The SMILES string of the molecule is CCC(CC)C(O)c1ccncc1F. The maximum absolute atomic E-state index is 13.3. The summed E-state index contributed by atoms with van der Waals surface area (Å²) in [6.45, 7) is 3.99. The minimum absolute atomic E-state index is 0.117. The van der Waals surface area contributed by atoms with Crippen LogP contribution in [0.1, 0.15) is 38.4 Å². The Kier molecular flexibility index (Phi) is 4.01. The van der Waals surface area contributed by atoms with Crippen LogP contribution in [-0.2, 0) is 0 Å². The van der Waals surface area contributed by atoms with Gasteiger partial charge in [0, 0.05) is 11.8 Å². The number of nitrogens with zero attached hydrogens (tertiary/aromatic N) is 1. The quantitative estimate of drug-likeness (QED) is 0.805. The zero-order valence-electron chi connectivity index (χ0n) is 8.57. The van der Waals surface area contributed by atoms with Crippen molar-refractivity contribution in [2.45, 2.75) is 32.8 Å². The highest BCUT2D eigenvalue weighted by Gasteiger charge is 2.20. The average molecular weight is 197 g/mol. The summed E-state index contributed by atoms with van der Waals surface area (Å²) >= 11 is 0. The summed E-state index contributed by atoms with van der Waals surface area (Å²) in [4.78, 5) is 3.65. The Morgan fingerprint density at radius 2 is 2.07 bits per heavy atom. The van der Waals surface area contributed by atoms with Crippen molar-refractivity contribution in [3.05, 3.63) is 29.8 Å². The predicted octanol–water partition coefficient (Wildman–Crippen LogP) is 2.69. The minimum Gasteiger partial charge on any atom is -0.388 e. The van der Waals surface area contributed by atoms with Gasteiger partial charge in [-0.3, -0.25) is 4.98 Å². The predicted molar refractivity (Wildman–Crippen MR) is 53.2 cm³/mol. The summed E-state index contributed by atoms with van der Waals surface area (Å²) in [5, 5.41) is 9.89. The van der Waals surface area contributed by atoms with Crippen LogP contribution in [0.4, 0.5) is 4.39 Å². The van der Waals surface area contributed by atoms with Crippen molar-refractivity contribution in [3.63, 3.8) is 0 Å². The van der Waals surface area contributed by atoms with Crippen molar-refractivity contribution in [2.24, 2.45) is 5.92 Å². The van der Waals surface area contributed by atoms with Crippen molar-refractivity contribution in [1.82, 2.24) is 4.98 Å². The Morgan fingerprint density at radius 1 is 1.43 bits per heavy atom. The zero-order chi connectivity index (χ0) is 10.6. The average Bonchev–Trinajstić information content (AvgIpc) is 2.20. The number of halogens is 1. The molecule has 0 spiro atoms. The van der Waals surface area contributed by atoms with Crippen molar-refractivity contribution < 1.29 is 9.50 Å². The van der Waals surface area contributed by atoms with Crippen LogP contribution >= 0.6 is 0 Å². The monoisotopic (exact) mass is 197 g/mol. The maximum atomic E-state index is 13.3. The molecule has 0 saturated heterocycles. The molecule has 0 aromatic carbocycles. The molecule has 1 aromatic heterocycles. The largest absolute Gasteiger partial charge is 0.388 e. The van der Waals surface area contributed by atoms with E-state index in [4.69, 9.17) is 0 Å². The number of pyridine rings is 1. The highest BCUT2D eigenvalue weighted by Crippen LogP contribution is 2.28. The highest BCUT2D eigenvalue weighted by molar-refractivity contribution is 5.16. The third kappa shape index (κ3) is 2.29. The molecule has 78 valence electrons. The second-order valence-electron chi connectivity index (χ2n) is 3.42. The molecule has 0 bridgehead atoms. The summed E-state index contributed by atoms with van der Waals surface area (Å²) in [5.74, 6) is -0.307. The molecule has 2 nitrogen and oxygen atoms in total. The van der Waals surface area contributed by atoms with E-state index in [-0.39, 0.29) is 5.92 Å². The van der Waals surface area contributed by atoms with E-state index in [0.717, 1.165) is 19.0 Å². The Labute approximate surface area is 83.8 Å². The lowest BCUT2D eigenvalue weighted by molar-refractivity contribution is 0.0994. The summed E-state index contributed by atoms with van der Waals surface area (Å²) in [6.07, 6.45) is 3.62. The molecule has 3 heteroatoms. The van der Waals surface area contributed by atoms with E-state index in [2.05, 4.69) is 4.98 Å². The number of hydrogen-bond acceptors (Lipinski definition) is 2. The van der Waals surface area contributed by atoms with Gasteiger partial charge in [0.2, 0.25) is 0 Å². The fourth-order valence-corrected chi connectivity index (χ4v) is 1.61. The highest BCUT2D eigenvalue weighted by atomic mass is 19.1. The van der Waals surface area contributed by atoms with Gasteiger partial charge in [-0.2, -0.15) is 0 Å². The molecular formula is C11H16FNO. The molecule has 0 aliphatic heterocycles. The van der Waals surface area contributed by atoms with E-state index in [1.165, 1.54) is 6.20 Å². The van der Waals surface area contributed by atoms with Gasteiger partial charge in [-0.15, -0.1) is 0 Å². The molecular weight excluding hydrogens is 181 g/mol. The van der Waals surface area contributed by atoms with Crippen LogP contribution in [0.2, 0.25) is 0 Å². The Hall–Kier alpha value is -0.960. The normalized spacial score (nSPS) is 13.2. The first-order chi connectivity index (χ1) is 6.70. The van der Waals surface area contributed by atoms with Crippen molar-refractivity contribution >= 4 is 0 Å². The van der Waals surface area contributed by atoms with Gasteiger partial charge in [0.05, 0.1) is 12.3 Å². The van der Waals surface area contributed by atoms with Crippen LogP contribution in [0.15, 0.2) is 18.5 Å². The summed E-state index contributed by atoms with van der Waals surface area (Å²) in [5.41, 5.74) is 0.355. The zero-order valence-corrected chi connectivity index (χ0v) is 8.57. The molecule has 0 saturated carbocycles. The van der Waals surface area contributed by atoms with Crippen molar-refractivity contribution in [3.8, 4) is 0 Å². The second kappa shape index (κ2) is 5.05. The Bertz CT molecular complexity index is 286. The minimum atomic E-state index is -0.715. The van der Waals surface area contributed by atoms with Gasteiger partial charge in [0.1, 0.15) is 5.82 Å². The van der Waals surface area contributed by atoms with E-state index >= 15 is 0 Å². The van der Waals surface area contributed by atoms with Crippen LogP contribution in [0.5, 0.6) is 0 Å². The Balaban J connectivity index is 2.88. The number of aliphatic hydroxyl groups is 1. The van der Waals surface area contributed by atoms with Crippen LogP contribution in [-0.4, -0.2) is 10.1 Å². The van der Waals surface area contributed by atoms with Gasteiger partial charge in [-0.25, -0.2) is 4.39 Å². The molecule has 1 rings (SSSR count). The molecule has 1 N–H and O–H groups in total. The molecule has 1 heterocycles. The standard InChI is InChI=1S/C11H16FNO/c1-3-8(4-2)11(14)9-5-6-13-7-10(9)12/h5-8,11,14H,3-4H2,1-2H3. The van der Waals surface area contributed by atoms with E-state index in [9.17, 15) is 9.50 Å². The van der Waals surface area contributed by atoms with Crippen LogP contribution < -0.4 is 0 Å². The van der Waals surface area contributed by atoms with Crippen LogP contribution in [0, 0.1) is 11.7 Å². The summed E-state index contributed by atoms with van der Waals surface area (Å²) < 4.78 is 13.3. The van der Waals surface area contributed by atoms with Gasteiger partial charge in [0.25, 0.3) is 0 Å². The molecule has 0 aliphatic rings. The van der Waals surface area contributed by atoms with Crippen molar-refractivity contribution in [1.29, 1.82) is 0 Å². The molecule has 0 amide bonds. The fraction of sp³-hybridized carbons (Fsp3) is 0.545. The molecule has 1 atom stereocenters. The fourth-order valence-electron chi connectivity index (χ4n) is 1.61.